The molecule has 12 nitrogen and oxygen atoms in total. The van der Waals surface area contributed by atoms with Gasteiger partial charge in [0.25, 0.3) is 0 Å². The minimum absolute atomic E-state index is 0.0300. The fraction of sp³-hybridized carbons (Fsp3) is 0.512. The van der Waals surface area contributed by atoms with Crippen LogP contribution in [0.4, 0.5) is 19.4 Å². The molecule has 0 spiro atoms. The predicted molar refractivity (Wildman–Crippen MR) is 203 cm³/mol. The van der Waals surface area contributed by atoms with E-state index in [4.69, 9.17) is 44.8 Å². The largest absolute Gasteiger partial charge is 0.480 e. The Hall–Kier alpha value is -5.00. The Kier molecular flexibility index (Phi) is 10.9. The van der Waals surface area contributed by atoms with Gasteiger partial charge in [-0.05, 0) is 76.5 Å². The van der Waals surface area contributed by atoms with Crippen molar-refractivity contribution in [3.63, 3.8) is 0 Å². The summed E-state index contributed by atoms with van der Waals surface area (Å²) in [5.74, 6) is 1.75. The third kappa shape index (κ3) is 7.52. The normalized spacial score (nSPS) is 20.2. The maximum atomic E-state index is 17.4. The molecular weight excluding hydrogens is 712 g/mol. The third-order valence-electron chi connectivity index (χ3n) is 10.6. The summed E-state index contributed by atoms with van der Waals surface area (Å²) in [6.07, 6.45) is 10.4. The molecule has 1 aliphatic carbocycles. The van der Waals surface area contributed by atoms with E-state index in [-0.39, 0.29) is 76.0 Å². The molecular formula is C41H47F2N5O7. The molecule has 1 saturated carbocycles. The number of piperidine rings is 1. The van der Waals surface area contributed by atoms with Gasteiger partial charge >= 0.3 is 12.1 Å². The first kappa shape index (κ1) is 38.3. The van der Waals surface area contributed by atoms with Gasteiger partial charge < -0.3 is 38.2 Å². The first-order valence-corrected chi connectivity index (χ1v) is 18.7. The van der Waals surface area contributed by atoms with Gasteiger partial charge in [0.05, 0.1) is 25.9 Å². The van der Waals surface area contributed by atoms with Crippen molar-refractivity contribution in [1.29, 1.82) is 0 Å². The number of anilines is 1. The van der Waals surface area contributed by atoms with Crippen LogP contribution in [0.5, 0.6) is 17.6 Å². The SMILES string of the molecule is C#Cc1c(F)ccc2cc(OCOC)cc(-c3nc(OC)c4c(N5CCCOCC5)nc(OC[C@]56CCC[C@H]5N(C(=O)OC(C)(C)C)CCC6)nc4c3F)c12. The monoisotopic (exact) mass is 759 g/mol. The lowest BCUT2D eigenvalue weighted by Crippen LogP contribution is -2.55. The highest BCUT2D eigenvalue weighted by Crippen LogP contribution is 2.49. The van der Waals surface area contributed by atoms with E-state index < -0.39 is 17.2 Å². The summed E-state index contributed by atoms with van der Waals surface area (Å²) in [6.45, 7) is 8.37. The molecule has 1 amide bonds. The van der Waals surface area contributed by atoms with Gasteiger partial charge in [-0.3, -0.25) is 0 Å². The number of halogens is 2. The summed E-state index contributed by atoms with van der Waals surface area (Å²) in [7, 11) is 2.92. The molecule has 2 aliphatic heterocycles. The number of ether oxygens (including phenoxy) is 6. The summed E-state index contributed by atoms with van der Waals surface area (Å²) in [5, 5.41) is 1.03. The molecule has 4 aromatic rings. The summed E-state index contributed by atoms with van der Waals surface area (Å²) in [6, 6.07) is 5.91. The molecule has 0 N–H and O–H groups in total. The molecule has 2 atom stereocenters. The number of terminal acetylenes is 1. The average Bonchev–Trinajstić information content (AvgIpc) is 3.41. The van der Waals surface area contributed by atoms with Gasteiger partial charge in [0.1, 0.15) is 39.6 Å². The second-order valence-electron chi connectivity index (χ2n) is 15.3. The zero-order valence-electron chi connectivity index (χ0n) is 32.0. The maximum Gasteiger partial charge on any atom is 0.410 e. The van der Waals surface area contributed by atoms with Crippen molar-refractivity contribution >= 4 is 33.6 Å². The first-order valence-electron chi connectivity index (χ1n) is 18.7. The van der Waals surface area contributed by atoms with E-state index in [0.29, 0.717) is 56.2 Å². The Balaban J connectivity index is 1.37. The van der Waals surface area contributed by atoms with Crippen LogP contribution >= 0.6 is 0 Å². The van der Waals surface area contributed by atoms with Crippen molar-refractivity contribution in [2.75, 3.05) is 65.4 Å². The Labute approximate surface area is 319 Å². The third-order valence-corrected chi connectivity index (χ3v) is 10.6. The zero-order valence-corrected chi connectivity index (χ0v) is 32.0. The van der Waals surface area contributed by atoms with Crippen LogP contribution in [0.15, 0.2) is 24.3 Å². The molecule has 2 saturated heterocycles. The van der Waals surface area contributed by atoms with E-state index in [1.807, 2.05) is 30.6 Å². The number of pyridine rings is 1. The highest BCUT2D eigenvalue weighted by molar-refractivity contribution is 6.04. The van der Waals surface area contributed by atoms with E-state index in [1.54, 1.807) is 18.2 Å². The number of benzene rings is 2. The molecule has 2 aromatic heterocycles. The molecule has 0 unspecified atom stereocenters. The summed E-state index contributed by atoms with van der Waals surface area (Å²) in [4.78, 5) is 31.5. The van der Waals surface area contributed by atoms with Crippen LogP contribution in [0, 0.1) is 29.4 Å². The van der Waals surface area contributed by atoms with Gasteiger partial charge in [0, 0.05) is 55.8 Å². The minimum atomic E-state index is -0.807. The first-order chi connectivity index (χ1) is 26.5. The fourth-order valence-electron chi connectivity index (χ4n) is 8.28. The molecule has 3 fully saturated rings. The molecule has 0 bridgehead atoms. The van der Waals surface area contributed by atoms with E-state index >= 15 is 8.78 Å². The summed E-state index contributed by atoms with van der Waals surface area (Å²) in [5.41, 5.74) is -1.13. The van der Waals surface area contributed by atoms with Crippen LogP contribution in [0.3, 0.4) is 0 Å². The number of likely N-dealkylation sites (tertiary alicyclic amines) is 1. The Bertz CT molecular complexity index is 2130. The molecule has 7 rings (SSSR count). The van der Waals surface area contributed by atoms with Crippen molar-refractivity contribution in [3.8, 4) is 41.2 Å². The van der Waals surface area contributed by atoms with Crippen LogP contribution in [0.2, 0.25) is 0 Å². The lowest BCUT2D eigenvalue weighted by molar-refractivity contribution is -0.0282. The number of methoxy groups -OCH3 is 2. The molecule has 0 radical (unpaired) electrons. The van der Waals surface area contributed by atoms with Gasteiger partial charge in [-0.1, -0.05) is 18.4 Å². The number of rotatable bonds is 9. The number of carbonyl (C=O) groups is 1. The molecule has 292 valence electrons. The quantitative estimate of drug-likeness (QED) is 0.127. The molecule has 2 aromatic carbocycles. The average molecular weight is 760 g/mol. The fourth-order valence-corrected chi connectivity index (χ4v) is 8.28. The molecule has 55 heavy (non-hydrogen) atoms. The van der Waals surface area contributed by atoms with Gasteiger partial charge in [-0.25, -0.2) is 18.6 Å². The minimum Gasteiger partial charge on any atom is -0.480 e. The van der Waals surface area contributed by atoms with Crippen molar-refractivity contribution in [2.45, 2.75) is 70.9 Å². The second kappa shape index (κ2) is 15.6. The van der Waals surface area contributed by atoms with Crippen LogP contribution in [-0.2, 0) is 14.2 Å². The van der Waals surface area contributed by atoms with Gasteiger partial charge in [0.15, 0.2) is 12.6 Å². The van der Waals surface area contributed by atoms with E-state index in [1.165, 1.54) is 20.3 Å². The Morgan fingerprint density at radius 1 is 1.02 bits per heavy atom. The van der Waals surface area contributed by atoms with E-state index in [2.05, 4.69) is 10.9 Å². The van der Waals surface area contributed by atoms with Crippen LogP contribution in [0.1, 0.15) is 64.9 Å². The van der Waals surface area contributed by atoms with Gasteiger partial charge in [-0.15, -0.1) is 6.42 Å². The molecule has 4 heterocycles. The Morgan fingerprint density at radius 2 is 1.84 bits per heavy atom. The van der Waals surface area contributed by atoms with Crippen LogP contribution in [-0.4, -0.2) is 98.1 Å². The number of aromatic nitrogens is 3. The van der Waals surface area contributed by atoms with Crippen molar-refractivity contribution in [2.24, 2.45) is 5.41 Å². The predicted octanol–water partition coefficient (Wildman–Crippen LogP) is 7.27. The smallest absolute Gasteiger partial charge is 0.410 e. The van der Waals surface area contributed by atoms with Crippen molar-refractivity contribution in [1.82, 2.24) is 19.9 Å². The van der Waals surface area contributed by atoms with Crippen LogP contribution < -0.4 is 19.1 Å². The Morgan fingerprint density at radius 3 is 2.60 bits per heavy atom. The van der Waals surface area contributed by atoms with E-state index in [0.717, 1.165) is 32.1 Å². The number of hydrogen-bond donors (Lipinski definition) is 0. The zero-order chi connectivity index (χ0) is 38.9. The molecule has 3 aliphatic rings. The van der Waals surface area contributed by atoms with Crippen molar-refractivity contribution < 1.29 is 42.0 Å². The number of nitrogens with zero attached hydrogens (tertiary/aromatic N) is 5. The topological polar surface area (TPSA) is 118 Å². The highest BCUT2D eigenvalue weighted by atomic mass is 19.1. The van der Waals surface area contributed by atoms with Gasteiger partial charge in [0.2, 0.25) is 5.88 Å². The van der Waals surface area contributed by atoms with Crippen LogP contribution in [0.25, 0.3) is 32.9 Å². The summed E-state index contributed by atoms with van der Waals surface area (Å²) >= 11 is 0. The highest BCUT2D eigenvalue weighted by Gasteiger charge is 2.51. The maximum absolute atomic E-state index is 17.4. The lowest BCUT2D eigenvalue weighted by atomic mass is 9.75. The summed E-state index contributed by atoms with van der Waals surface area (Å²) < 4.78 is 67.4. The number of fused-ring (bicyclic) bond motifs is 3. The van der Waals surface area contributed by atoms with Gasteiger partial charge in [-0.2, -0.15) is 9.97 Å². The number of amides is 1. The number of carbonyl (C=O) groups excluding carboxylic acids is 1. The second-order valence-corrected chi connectivity index (χ2v) is 15.3. The lowest BCUT2D eigenvalue weighted by Gasteiger charge is -2.46. The number of hydrogen-bond acceptors (Lipinski definition) is 11. The van der Waals surface area contributed by atoms with Crippen molar-refractivity contribution in [3.05, 3.63) is 41.5 Å². The standard InChI is InChI=1S/C41H47F2N5O7/c1-7-27-29(42)13-12-25-21-26(54-24-50-5)22-28(31(25)27)34-33(43)35-32(37(44-34)51-6)36(47-16-10-19-52-20-18-47)46-38(45-35)53-23-41-14-8-11-30(41)48(17-9-15-41)39(49)55-40(2,3)4/h1,12-13,21-22,30H,8-11,14-20,23-24H2,2-6H3/t30-,41-/m1/s1. The molecule has 14 heteroatoms. The van der Waals surface area contributed by atoms with E-state index in [9.17, 15) is 4.79 Å².